The van der Waals surface area contributed by atoms with E-state index in [1.165, 1.54) is 186 Å². The van der Waals surface area contributed by atoms with E-state index in [1.807, 2.05) is 0 Å². The second-order valence-corrected chi connectivity index (χ2v) is 19.0. The molecule has 1 aromatic heterocycles. The van der Waals surface area contributed by atoms with Gasteiger partial charge in [0.25, 0.3) is 0 Å². The molecule has 0 aliphatic heterocycles. The molecule has 7 aromatic carbocycles. The highest BCUT2D eigenvalue weighted by atomic mass is 16.3. The first-order valence-electron chi connectivity index (χ1n) is 21.9. The van der Waals surface area contributed by atoms with Gasteiger partial charge < -0.3 is 4.42 Å². The van der Waals surface area contributed by atoms with E-state index in [1.54, 1.807) is 0 Å². The Morgan fingerprint density at radius 3 is 0.763 bits per heavy atom. The minimum atomic E-state index is 1.03. The Labute approximate surface area is 371 Å². The lowest BCUT2D eigenvalue weighted by molar-refractivity contribution is 0.675. The van der Waals surface area contributed by atoms with E-state index in [0.29, 0.717) is 0 Å². The predicted octanol–water partition coefficient (Wildman–Crippen LogP) is -27.9. The predicted molar refractivity (Wildman–Crippen MR) is 337 cm³/mol. The Kier molecular flexibility index (Phi) is 10.1. The summed E-state index contributed by atoms with van der Waals surface area (Å²) < 4.78 is 7.19. The largest absolute Gasteiger partial charge is 0.457 e. The van der Waals surface area contributed by atoms with Gasteiger partial charge in [0.1, 0.15) is 184 Å². The third kappa shape index (κ3) is 5.30. The number of rotatable bonds is 2. The van der Waals surface area contributed by atoms with Gasteiger partial charge in [0.05, 0.1) is 0 Å². The van der Waals surface area contributed by atoms with Gasteiger partial charge in [-0.05, 0) is 60.0 Å². The van der Waals surface area contributed by atoms with Crippen molar-refractivity contribution in [1.29, 1.82) is 0 Å². The van der Waals surface area contributed by atoms with E-state index >= 15 is 0 Å². The molecular weight excluding hydrogens is 686 g/mol. The summed E-state index contributed by atoms with van der Waals surface area (Å²) in [7, 11) is 51.6. The Morgan fingerprint density at radius 2 is 0.390 bits per heavy atom. The van der Waals surface area contributed by atoms with Crippen LogP contribution in [-0.2, 0) is 0 Å². The van der Waals surface area contributed by atoms with Gasteiger partial charge in [0, 0.05) is 10.8 Å². The molecular formula is C36H44B22O. The Morgan fingerprint density at radius 1 is 0.153 bits per heavy atom. The SMILES string of the molecule is Bc1c(B)c(B)c(-c2c3c(B)c(B)c(B)c(B)c3c(-c3c(B)c(B)c4oc5c(B)c6c(B)c(B)c(B)c(B)c6c(B)c5c4c3B)c3c(B)c(B)c(B)c(B)c23)c(B)c1B. The summed E-state index contributed by atoms with van der Waals surface area (Å²) in [6, 6.07) is 0. The molecule has 0 aliphatic carbocycles. The van der Waals surface area contributed by atoms with Gasteiger partial charge in [-0.1, -0.05) is 65.6 Å². The van der Waals surface area contributed by atoms with Gasteiger partial charge in [-0.15, -0.1) is 49.2 Å². The summed E-state index contributed by atoms with van der Waals surface area (Å²) in [5.41, 5.74) is 37.8. The Hall–Kier alpha value is -3.45. The highest BCUT2D eigenvalue weighted by molar-refractivity contribution is 6.76. The maximum absolute atomic E-state index is 7.19. The molecule has 0 spiro atoms. The van der Waals surface area contributed by atoms with E-state index < -0.39 is 0 Å². The van der Waals surface area contributed by atoms with Crippen LogP contribution in [0.2, 0.25) is 0 Å². The summed E-state index contributed by atoms with van der Waals surface area (Å²) in [6.45, 7) is 0. The van der Waals surface area contributed by atoms with Gasteiger partial charge in [-0.25, -0.2) is 0 Å². The van der Waals surface area contributed by atoms with E-state index in [2.05, 4.69) is 173 Å². The summed E-state index contributed by atoms with van der Waals surface area (Å²) in [4.78, 5) is 0. The average Bonchev–Trinajstić information content (AvgIpc) is 3.62. The Bertz CT molecular complexity index is 3240. The number of furan rings is 1. The molecule has 1 nitrogen and oxygen atoms in total. The van der Waals surface area contributed by atoms with Gasteiger partial charge in [-0.2, -0.15) is 0 Å². The minimum Gasteiger partial charge on any atom is -0.457 e. The Balaban J connectivity index is 1.74. The summed E-state index contributed by atoms with van der Waals surface area (Å²) in [5, 5.41) is 10.9. The molecule has 59 heavy (non-hydrogen) atoms. The first kappa shape index (κ1) is 42.2. The van der Waals surface area contributed by atoms with Crippen LogP contribution in [0.4, 0.5) is 0 Å². The molecule has 0 fully saturated rings. The second kappa shape index (κ2) is 14.0. The zero-order valence-electron chi connectivity index (χ0n) is 40.4. The number of fused-ring (bicyclic) bond motifs is 6. The van der Waals surface area contributed by atoms with Crippen molar-refractivity contribution in [3.8, 4) is 22.3 Å². The maximum Gasteiger partial charge on any atom is 0.145 e. The van der Waals surface area contributed by atoms with Crippen molar-refractivity contribution in [2.75, 3.05) is 0 Å². The van der Waals surface area contributed by atoms with E-state index in [0.717, 1.165) is 11.2 Å². The fourth-order valence-corrected chi connectivity index (χ4v) is 11.8. The number of hydrogen-bond acceptors (Lipinski definition) is 1. The fourth-order valence-electron chi connectivity index (χ4n) is 11.8. The van der Waals surface area contributed by atoms with Gasteiger partial charge in [0.15, 0.2) is 0 Å². The van der Waals surface area contributed by atoms with Crippen LogP contribution in [0.15, 0.2) is 4.42 Å². The molecule has 23 heteroatoms. The molecule has 0 amide bonds. The molecule has 0 radical (unpaired) electrons. The van der Waals surface area contributed by atoms with Crippen LogP contribution in [-0.4, -0.2) is 173 Å². The molecule has 0 N–H and O–H groups in total. The third-order valence-corrected chi connectivity index (χ3v) is 17.0. The maximum atomic E-state index is 7.19. The molecule has 0 saturated heterocycles. The van der Waals surface area contributed by atoms with Crippen LogP contribution in [0, 0.1) is 0 Å². The summed E-state index contributed by atoms with van der Waals surface area (Å²) >= 11 is 0. The standard InChI is InChI=1S/C36H44B22O/c37-13-7(23(47)34(58)36-12(13)11-14(38)9-10(24(48)35(11)59-36)22(46)30(54)29(53)21(9)45)1-3-5(17(41)27(51)25(49)15(3)39)2(6-4(1)16(40)26(50)28(52)18(6)42)8-19(43)31(55)33(57)32(56)20(8)44/h37-58H2. The van der Waals surface area contributed by atoms with Crippen molar-refractivity contribution < 1.29 is 4.42 Å². The van der Waals surface area contributed by atoms with Crippen molar-refractivity contribution in [3.63, 3.8) is 0 Å². The number of hydrogen-bond donors (Lipinski definition) is 0. The molecule has 1 heterocycles. The molecule has 0 atom stereocenters. The third-order valence-electron chi connectivity index (χ3n) is 17.0. The first-order chi connectivity index (χ1) is 27.5. The molecule has 0 unspecified atom stereocenters. The van der Waals surface area contributed by atoms with E-state index in [-0.39, 0.29) is 0 Å². The van der Waals surface area contributed by atoms with Crippen LogP contribution < -0.4 is 120 Å². The van der Waals surface area contributed by atoms with Crippen LogP contribution in [0.5, 0.6) is 0 Å². The van der Waals surface area contributed by atoms with Crippen LogP contribution >= 0.6 is 0 Å². The number of benzene rings is 7. The smallest absolute Gasteiger partial charge is 0.145 e. The molecule has 260 valence electrons. The first-order valence-corrected chi connectivity index (χ1v) is 21.9. The van der Waals surface area contributed by atoms with Gasteiger partial charge in [0.2, 0.25) is 0 Å². The lowest BCUT2D eigenvalue weighted by Gasteiger charge is -2.31. The lowest BCUT2D eigenvalue weighted by atomic mass is 9.56. The molecule has 8 rings (SSSR count). The second-order valence-electron chi connectivity index (χ2n) is 19.0. The van der Waals surface area contributed by atoms with Crippen LogP contribution in [0.25, 0.3) is 76.5 Å². The van der Waals surface area contributed by atoms with Crippen LogP contribution in [0.3, 0.4) is 0 Å². The highest BCUT2D eigenvalue weighted by Crippen LogP contribution is 2.39. The normalized spacial score (nSPS) is 11.9. The van der Waals surface area contributed by atoms with Crippen LogP contribution in [0.1, 0.15) is 0 Å². The molecule has 0 saturated carbocycles. The molecule has 0 bridgehead atoms. The van der Waals surface area contributed by atoms with Crippen molar-refractivity contribution in [2.24, 2.45) is 0 Å². The summed E-state index contributed by atoms with van der Waals surface area (Å²) in [5.74, 6) is 0. The van der Waals surface area contributed by atoms with Crippen molar-refractivity contribution in [2.45, 2.75) is 0 Å². The zero-order valence-corrected chi connectivity index (χ0v) is 40.4. The van der Waals surface area contributed by atoms with Gasteiger partial charge >= 0.3 is 0 Å². The topological polar surface area (TPSA) is 13.1 Å². The van der Waals surface area contributed by atoms with Crippen molar-refractivity contribution in [3.05, 3.63) is 0 Å². The molecule has 0 aliphatic rings. The highest BCUT2D eigenvalue weighted by Gasteiger charge is 2.30. The monoisotopic (exact) mass is 735 g/mol. The lowest BCUT2D eigenvalue weighted by Crippen LogP contribution is -2.55. The average molecular weight is 731 g/mol. The molecule has 8 aromatic rings. The van der Waals surface area contributed by atoms with E-state index in [4.69, 9.17) is 4.42 Å². The summed E-state index contributed by atoms with van der Waals surface area (Å²) in [6.07, 6.45) is 0. The zero-order chi connectivity index (χ0) is 43.5. The van der Waals surface area contributed by atoms with Crippen molar-refractivity contribution in [1.82, 2.24) is 0 Å². The minimum absolute atomic E-state index is 1.03. The van der Waals surface area contributed by atoms with Crippen molar-refractivity contribution >= 4 is 347 Å². The fraction of sp³-hybridized carbons (Fsp3) is 0. The van der Waals surface area contributed by atoms with E-state index in [9.17, 15) is 0 Å². The quantitative estimate of drug-likeness (QED) is 0.128. The van der Waals surface area contributed by atoms with Gasteiger partial charge in [-0.3, -0.25) is 0 Å².